The smallest absolute Gasteiger partial charge is 0.202 e. The van der Waals surface area contributed by atoms with Gasteiger partial charge in [-0.15, -0.1) is 0 Å². The van der Waals surface area contributed by atoms with Crippen molar-refractivity contribution in [3.05, 3.63) is 51.6 Å². The lowest BCUT2D eigenvalue weighted by Gasteiger charge is -2.42. The Morgan fingerprint density at radius 2 is 1.79 bits per heavy atom. The lowest BCUT2D eigenvalue weighted by Crippen LogP contribution is -2.48. The second kappa shape index (κ2) is 9.68. The maximum atomic E-state index is 13.7. The molecular weight excluding hydrogens is 512 g/mol. The van der Waals surface area contributed by atoms with Crippen LogP contribution in [0.2, 0.25) is 0 Å². The fourth-order valence-corrected chi connectivity index (χ4v) is 5.93. The van der Waals surface area contributed by atoms with Crippen molar-refractivity contribution >= 4 is 17.3 Å². The summed E-state index contributed by atoms with van der Waals surface area (Å²) in [7, 11) is 1.34. The zero-order valence-electron chi connectivity index (χ0n) is 21.6. The van der Waals surface area contributed by atoms with Crippen molar-refractivity contribution < 1.29 is 54.1 Å². The molecule has 0 bridgehead atoms. The molecule has 2 aliphatic carbocycles. The molecule has 1 fully saturated rings. The zero-order chi connectivity index (χ0) is 28.4. The highest BCUT2D eigenvalue weighted by Gasteiger charge is 2.49. The van der Waals surface area contributed by atoms with Crippen molar-refractivity contribution in [3.63, 3.8) is 0 Å². The first kappa shape index (κ1) is 27.2. The maximum Gasteiger partial charge on any atom is 0.202 e. The number of methoxy groups -OCH3 is 1. The number of aromatic hydroxyl groups is 2. The van der Waals surface area contributed by atoms with Crippen LogP contribution in [0, 0.1) is 5.41 Å². The number of fused-ring (bicyclic) bond motifs is 3. The highest BCUT2D eigenvalue weighted by Crippen LogP contribution is 2.54. The number of phenols is 2. The van der Waals surface area contributed by atoms with Crippen LogP contribution in [0.1, 0.15) is 75.8 Å². The Morgan fingerprint density at radius 1 is 1.10 bits per heavy atom. The van der Waals surface area contributed by atoms with E-state index in [1.165, 1.54) is 25.3 Å². The molecule has 5 N–H and O–H groups in total. The summed E-state index contributed by atoms with van der Waals surface area (Å²) in [6.07, 6.45) is -5.66. The Bertz CT molecular complexity index is 1370. The van der Waals surface area contributed by atoms with E-state index >= 15 is 0 Å². The third kappa shape index (κ3) is 4.12. The van der Waals surface area contributed by atoms with Crippen LogP contribution in [0.4, 0.5) is 0 Å². The number of ketones is 3. The van der Waals surface area contributed by atoms with Crippen molar-refractivity contribution in [1.82, 2.24) is 0 Å². The van der Waals surface area contributed by atoms with Gasteiger partial charge >= 0.3 is 0 Å². The molecule has 2 unspecified atom stereocenters. The second-order valence-corrected chi connectivity index (χ2v) is 10.6. The highest BCUT2D eigenvalue weighted by molar-refractivity contribution is 6.31. The van der Waals surface area contributed by atoms with Crippen LogP contribution >= 0.6 is 0 Å². The number of phenolic OH excluding ortho intramolecular Hbond substituents is 2. The monoisotopic (exact) mass is 542 g/mol. The van der Waals surface area contributed by atoms with E-state index in [4.69, 9.17) is 14.2 Å². The molecule has 0 aromatic heterocycles. The molecule has 0 saturated carbocycles. The summed E-state index contributed by atoms with van der Waals surface area (Å²) in [4.78, 5) is 40.1. The van der Waals surface area contributed by atoms with E-state index in [1.54, 1.807) is 13.8 Å². The van der Waals surface area contributed by atoms with Crippen LogP contribution in [-0.2, 0) is 20.7 Å². The van der Waals surface area contributed by atoms with E-state index in [-0.39, 0.29) is 47.3 Å². The van der Waals surface area contributed by atoms with Gasteiger partial charge in [-0.1, -0.05) is 19.1 Å². The van der Waals surface area contributed by atoms with Gasteiger partial charge in [0.05, 0.1) is 42.1 Å². The van der Waals surface area contributed by atoms with E-state index in [2.05, 4.69) is 0 Å². The largest absolute Gasteiger partial charge is 0.507 e. The number of hydrogen-bond acceptors (Lipinski definition) is 11. The molecule has 0 radical (unpaired) electrons. The van der Waals surface area contributed by atoms with Gasteiger partial charge in [0.25, 0.3) is 0 Å². The first-order valence-corrected chi connectivity index (χ1v) is 12.6. The normalized spacial score (nSPS) is 29.8. The summed E-state index contributed by atoms with van der Waals surface area (Å²) in [6, 6.07) is 4.45. The van der Waals surface area contributed by atoms with Gasteiger partial charge in [0, 0.05) is 28.5 Å². The average molecular weight is 543 g/mol. The summed E-state index contributed by atoms with van der Waals surface area (Å²) in [5.74, 6) is -3.01. The number of aliphatic hydroxyl groups excluding tert-OH is 3. The van der Waals surface area contributed by atoms with Gasteiger partial charge in [0.1, 0.15) is 30.0 Å². The highest BCUT2D eigenvalue weighted by atomic mass is 16.7. The van der Waals surface area contributed by atoms with Crippen LogP contribution in [-0.4, -0.2) is 81.2 Å². The van der Waals surface area contributed by atoms with Gasteiger partial charge in [-0.2, -0.15) is 0 Å². The van der Waals surface area contributed by atoms with Crippen molar-refractivity contribution in [1.29, 1.82) is 0 Å². The molecule has 3 aliphatic rings. The van der Waals surface area contributed by atoms with Gasteiger partial charge in [-0.25, -0.2) is 0 Å². The molecule has 11 heteroatoms. The lowest BCUT2D eigenvalue weighted by molar-refractivity contribution is -0.264. The molecule has 5 rings (SSSR count). The average Bonchev–Trinajstić information content (AvgIpc) is 2.90. The Hall–Kier alpha value is -3.35. The lowest BCUT2D eigenvalue weighted by atomic mass is 9.67. The SMILES string of the molecule is COc1cccc2c1C(=O)c1c(O)c3c(c(O)c1C2=O)C[C@@](C)(C(=O)CO)CC3OC1C[C@H](O)[C@H](O)[C@H](C)O1. The van der Waals surface area contributed by atoms with E-state index in [9.17, 15) is 39.9 Å². The molecule has 1 aliphatic heterocycles. The van der Waals surface area contributed by atoms with E-state index in [0.717, 1.165) is 0 Å². The number of carbonyl (C=O) groups is 3. The first-order valence-electron chi connectivity index (χ1n) is 12.6. The molecule has 2 aromatic rings. The van der Waals surface area contributed by atoms with Crippen molar-refractivity contribution in [2.45, 2.75) is 63.8 Å². The summed E-state index contributed by atoms with van der Waals surface area (Å²) < 4.78 is 17.1. The van der Waals surface area contributed by atoms with Crippen LogP contribution in [0.15, 0.2) is 18.2 Å². The molecule has 39 heavy (non-hydrogen) atoms. The molecular formula is C28H30O11. The molecule has 6 atom stereocenters. The number of carbonyl (C=O) groups excluding carboxylic acids is 3. The Balaban J connectivity index is 1.69. The summed E-state index contributed by atoms with van der Waals surface area (Å²) in [5.41, 5.74) is -2.09. The van der Waals surface area contributed by atoms with Gasteiger partial charge < -0.3 is 39.7 Å². The van der Waals surface area contributed by atoms with Gasteiger partial charge in [-0.05, 0) is 25.8 Å². The Morgan fingerprint density at radius 3 is 2.44 bits per heavy atom. The van der Waals surface area contributed by atoms with Crippen LogP contribution in [0.5, 0.6) is 17.2 Å². The summed E-state index contributed by atoms with van der Waals surface area (Å²) in [6.45, 7) is 2.33. The van der Waals surface area contributed by atoms with Crippen molar-refractivity contribution in [2.75, 3.05) is 13.7 Å². The second-order valence-electron chi connectivity index (χ2n) is 10.6. The number of hydrogen-bond donors (Lipinski definition) is 5. The number of Topliss-reactive ketones (excluding diaryl/α,β-unsaturated/α-hetero) is 1. The number of aliphatic hydroxyl groups is 3. The van der Waals surface area contributed by atoms with E-state index < -0.39 is 82.7 Å². The molecule has 1 heterocycles. The minimum absolute atomic E-state index is 0.00329. The van der Waals surface area contributed by atoms with E-state index in [1.807, 2.05) is 0 Å². The molecule has 208 valence electrons. The predicted molar refractivity (Wildman–Crippen MR) is 133 cm³/mol. The fraction of sp³-hybridized carbons (Fsp3) is 0.464. The molecule has 0 amide bonds. The topological polar surface area (TPSA) is 180 Å². The third-order valence-corrected chi connectivity index (χ3v) is 8.09. The summed E-state index contributed by atoms with van der Waals surface area (Å²) in [5, 5.41) is 52.9. The fourth-order valence-electron chi connectivity index (χ4n) is 5.93. The van der Waals surface area contributed by atoms with Gasteiger partial charge in [-0.3, -0.25) is 14.4 Å². The molecule has 1 saturated heterocycles. The van der Waals surface area contributed by atoms with Crippen molar-refractivity contribution in [3.8, 4) is 17.2 Å². The zero-order valence-corrected chi connectivity index (χ0v) is 21.6. The van der Waals surface area contributed by atoms with Crippen LogP contribution < -0.4 is 4.74 Å². The van der Waals surface area contributed by atoms with Gasteiger partial charge in [0.15, 0.2) is 17.9 Å². The predicted octanol–water partition coefficient (Wildman–Crippen LogP) is 1.31. The number of rotatable bonds is 5. The number of benzene rings is 2. The van der Waals surface area contributed by atoms with Crippen LogP contribution in [0.25, 0.3) is 0 Å². The van der Waals surface area contributed by atoms with Gasteiger partial charge in [0.2, 0.25) is 5.78 Å². The quantitative estimate of drug-likeness (QED) is 0.293. The third-order valence-electron chi connectivity index (χ3n) is 8.09. The molecule has 11 nitrogen and oxygen atoms in total. The summed E-state index contributed by atoms with van der Waals surface area (Å²) >= 11 is 0. The Kier molecular flexibility index (Phi) is 6.76. The molecule has 0 spiro atoms. The number of ether oxygens (including phenoxy) is 3. The Labute approximate surface area is 223 Å². The van der Waals surface area contributed by atoms with E-state index in [0.29, 0.717) is 0 Å². The molecule has 2 aromatic carbocycles. The minimum atomic E-state index is -1.27. The van der Waals surface area contributed by atoms with Crippen LogP contribution in [0.3, 0.4) is 0 Å². The van der Waals surface area contributed by atoms with Crippen molar-refractivity contribution in [2.24, 2.45) is 5.41 Å². The first-order chi connectivity index (χ1) is 18.4. The maximum absolute atomic E-state index is 13.7. The standard InChI is InChI=1S/C28H30O11/c1-11-23(32)14(30)7-18(38-11)39-16-9-28(2,17(31)10-29)8-13-20(16)27(36)22-21(25(13)34)24(33)12-5-4-6-15(37-3)19(12)26(22)35/h4-6,11,14,16,18,23,29-30,32,34,36H,7-10H2,1-3H3/t11-,14-,16?,18?,23+,28+/m0/s1. The minimum Gasteiger partial charge on any atom is -0.507 e.